The summed E-state index contributed by atoms with van der Waals surface area (Å²) in [7, 11) is 0. The quantitative estimate of drug-likeness (QED) is 0.164. The molecule has 0 saturated carbocycles. The van der Waals surface area contributed by atoms with Gasteiger partial charge in [-0.15, -0.1) is 0 Å². The van der Waals surface area contributed by atoms with Crippen molar-refractivity contribution in [3.05, 3.63) is 189 Å². The lowest BCUT2D eigenvalue weighted by Crippen LogP contribution is -2.00. The van der Waals surface area contributed by atoms with Crippen molar-refractivity contribution in [2.75, 3.05) is 0 Å². The largest absolute Gasteiger partial charge is 0.456 e. The number of hydrogen-bond acceptors (Lipinski definition) is 6. The van der Waals surface area contributed by atoms with Crippen LogP contribution in [0.5, 0.6) is 0 Å². The van der Waals surface area contributed by atoms with Gasteiger partial charge in [0.15, 0.2) is 17.5 Å². The van der Waals surface area contributed by atoms with Gasteiger partial charge in [-0.25, -0.2) is 15.0 Å². The fourth-order valence-corrected chi connectivity index (χ4v) is 7.08. The summed E-state index contributed by atoms with van der Waals surface area (Å²) in [4.78, 5) is 23.9. The summed E-state index contributed by atoms with van der Waals surface area (Å²) in [5, 5.41) is 2.13. The van der Waals surface area contributed by atoms with Crippen LogP contribution in [0.4, 0.5) is 0 Å². The van der Waals surface area contributed by atoms with Crippen molar-refractivity contribution in [2.45, 2.75) is 0 Å². The first-order valence-corrected chi connectivity index (χ1v) is 18.1. The molecule has 6 nitrogen and oxygen atoms in total. The SMILES string of the molecule is c1ccc(-c2nc(-c3cc(-c4ccc(-c5cccnc5)cc4)cc(-c4ccc(-c5cccnc5)cc4)c3)nc(-c3ccc4c(c3)oc3ccccc34)n2)cc1. The predicted octanol–water partition coefficient (Wildman–Crippen LogP) is 12.2. The molecule has 0 amide bonds. The van der Waals surface area contributed by atoms with Crippen molar-refractivity contribution in [2.24, 2.45) is 0 Å². The van der Waals surface area contributed by atoms with Gasteiger partial charge in [-0.1, -0.05) is 115 Å². The first-order valence-electron chi connectivity index (χ1n) is 18.1. The van der Waals surface area contributed by atoms with Crippen LogP contribution in [-0.4, -0.2) is 24.9 Å². The minimum Gasteiger partial charge on any atom is -0.456 e. The fraction of sp³-hybridized carbons (Fsp3) is 0. The molecule has 55 heavy (non-hydrogen) atoms. The van der Waals surface area contributed by atoms with Crippen molar-refractivity contribution in [3.8, 4) is 78.7 Å². The molecule has 258 valence electrons. The topological polar surface area (TPSA) is 77.6 Å². The fourth-order valence-electron chi connectivity index (χ4n) is 7.08. The zero-order valence-corrected chi connectivity index (χ0v) is 29.5. The van der Waals surface area contributed by atoms with Crippen LogP contribution in [0.15, 0.2) is 193 Å². The van der Waals surface area contributed by atoms with E-state index in [1.807, 2.05) is 79.1 Å². The molecule has 0 unspecified atom stereocenters. The molecule has 0 radical (unpaired) electrons. The molecule has 0 bridgehead atoms. The number of aromatic nitrogens is 5. The maximum absolute atomic E-state index is 6.27. The summed E-state index contributed by atoms with van der Waals surface area (Å²) in [6.07, 6.45) is 7.36. The summed E-state index contributed by atoms with van der Waals surface area (Å²) in [5.41, 5.74) is 12.9. The highest BCUT2D eigenvalue weighted by atomic mass is 16.3. The van der Waals surface area contributed by atoms with Gasteiger partial charge in [0.1, 0.15) is 11.2 Å². The summed E-state index contributed by atoms with van der Waals surface area (Å²) in [6, 6.07) is 56.2. The Bertz CT molecular complexity index is 2840. The number of furan rings is 1. The van der Waals surface area contributed by atoms with Crippen molar-refractivity contribution < 1.29 is 4.42 Å². The van der Waals surface area contributed by atoms with Gasteiger partial charge in [0.05, 0.1) is 0 Å². The van der Waals surface area contributed by atoms with E-state index in [0.29, 0.717) is 17.5 Å². The summed E-state index contributed by atoms with van der Waals surface area (Å²) in [5.74, 6) is 1.74. The van der Waals surface area contributed by atoms with Crippen LogP contribution in [0.3, 0.4) is 0 Å². The second-order valence-corrected chi connectivity index (χ2v) is 13.4. The molecule has 4 heterocycles. The zero-order chi connectivity index (χ0) is 36.6. The number of fused-ring (bicyclic) bond motifs is 3. The molecular formula is C49H31N5O. The van der Waals surface area contributed by atoms with E-state index in [4.69, 9.17) is 19.4 Å². The van der Waals surface area contributed by atoms with Crippen molar-refractivity contribution in [1.82, 2.24) is 24.9 Å². The second-order valence-electron chi connectivity index (χ2n) is 13.4. The van der Waals surface area contributed by atoms with E-state index >= 15 is 0 Å². The molecule has 10 aromatic rings. The number of pyridine rings is 2. The van der Waals surface area contributed by atoms with Crippen molar-refractivity contribution in [3.63, 3.8) is 0 Å². The zero-order valence-electron chi connectivity index (χ0n) is 29.5. The van der Waals surface area contributed by atoms with Gasteiger partial charge in [0.2, 0.25) is 0 Å². The molecule has 0 aliphatic carbocycles. The maximum Gasteiger partial charge on any atom is 0.164 e. The first-order chi connectivity index (χ1) is 27.2. The highest BCUT2D eigenvalue weighted by molar-refractivity contribution is 6.05. The standard InChI is InChI=1S/C49H31N5O/c1-2-8-36(9-3-1)47-52-48(37-22-23-44-43-12-4-5-13-45(43)55-46(44)29-37)54-49(53-47)42-27-40(34-18-14-32(15-19-34)38-10-6-24-50-30-38)26-41(28-42)35-20-16-33(17-21-35)39-11-7-25-51-31-39/h1-31H. The highest BCUT2D eigenvalue weighted by Gasteiger charge is 2.17. The van der Waals surface area contributed by atoms with Gasteiger partial charge < -0.3 is 4.42 Å². The highest BCUT2D eigenvalue weighted by Crippen LogP contribution is 2.36. The molecule has 0 N–H and O–H groups in total. The Balaban J connectivity index is 1.13. The molecule has 6 heteroatoms. The number of nitrogens with zero attached hydrogens (tertiary/aromatic N) is 5. The van der Waals surface area contributed by atoms with E-state index in [9.17, 15) is 0 Å². The Hall–Kier alpha value is -7.57. The van der Waals surface area contributed by atoms with E-state index in [-0.39, 0.29) is 0 Å². The Morgan fingerprint density at radius 2 is 0.745 bits per heavy atom. The normalized spacial score (nSPS) is 11.3. The molecule has 4 aromatic heterocycles. The molecule has 0 atom stereocenters. The summed E-state index contributed by atoms with van der Waals surface area (Å²) >= 11 is 0. The lowest BCUT2D eigenvalue weighted by Gasteiger charge is -2.13. The smallest absolute Gasteiger partial charge is 0.164 e. The van der Waals surface area contributed by atoms with Gasteiger partial charge in [0.25, 0.3) is 0 Å². The third kappa shape index (κ3) is 6.32. The minimum absolute atomic E-state index is 0.569. The number of benzene rings is 6. The Kier molecular flexibility index (Phi) is 8.04. The molecule has 10 rings (SSSR count). The van der Waals surface area contributed by atoms with Crippen LogP contribution in [0.2, 0.25) is 0 Å². The Labute approximate surface area is 317 Å². The van der Waals surface area contributed by atoms with Gasteiger partial charge >= 0.3 is 0 Å². The van der Waals surface area contributed by atoms with E-state index < -0.39 is 0 Å². The van der Waals surface area contributed by atoms with Crippen LogP contribution in [0.25, 0.3) is 101 Å². The van der Waals surface area contributed by atoms with E-state index in [1.54, 1.807) is 12.4 Å². The van der Waals surface area contributed by atoms with Crippen LogP contribution in [-0.2, 0) is 0 Å². The molecule has 0 spiro atoms. The molecule has 0 aliphatic heterocycles. The van der Waals surface area contributed by atoms with Crippen LogP contribution in [0, 0.1) is 0 Å². The van der Waals surface area contributed by atoms with Crippen LogP contribution < -0.4 is 0 Å². The van der Waals surface area contributed by atoms with Crippen LogP contribution in [0.1, 0.15) is 0 Å². The van der Waals surface area contributed by atoms with Gasteiger partial charge in [-0.05, 0) is 93.0 Å². The maximum atomic E-state index is 6.27. The van der Waals surface area contributed by atoms with Crippen molar-refractivity contribution in [1.29, 1.82) is 0 Å². The Morgan fingerprint density at radius 1 is 0.291 bits per heavy atom. The van der Waals surface area contributed by atoms with Gasteiger partial charge in [-0.2, -0.15) is 0 Å². The first kappa shape index (κ1) is 32.1. The molecule has 0 aliphatic rings. The average Bonchev–Trinajstić information content (AvgIpc) is 3.65. The van der Waals surface area contributed by atoms with Crippen molar-refractivity contribution >= 4 is 21.9 Å². The summed E-state index contributed by atoms with van der Waals surface area (Å²) < 4.78 is 6.27. The van der Waals surface area contributed by atoms with Crippen LogP contribution >= 0.6 is 0 Å². The van der Waals surface area contributed by atoms with Gasteiger partial charge in [-0.3, -0.25) is 9.97 Å². The minimum atomic E-state index is 0.569. The number of rotatable bonds is 7. The number of para-hydroxylation sites is 1. The monoisotopic (exact) mass is 705 g/mol. The number of hydrogen-bond donors (Lipinski definition) is 0. The summed E-state index contributed by atoms with van der Waals surface area (Å²) in [6.45, 7) is 0. The van der Waals surface area contributed by atoms with E-state index in [0.717, 1.165) is 83.1 Å². The molecule has 6 aromatic carbocycles. The van der Waals surface area contributed by atoms with E-state index in [2.05, 4.69) is 107 Å². The molecule has 0 saturated heterocycles. The van der Waals surface area contributed by atoms with E-state index in [1.165, 1.54) is 0 Å². The molecule has 0 fully saturated rings. The lowest BCUT2D eigenvalue weighted by molar-refractivity contribution is 0.669. The Morgan fingerprint density at radius 3 is 1.33 bits per heavy atom. The lowest BCUT2D eigenvalue weighted by atomic mass is 9.94. The average molecular weight is 706 g/mol. The molecular weight excluding hydrogens is 675 g/mol. The van der Waals surface area contributed by atoms with Gasteiger partial charge in [0, 0.05) is 52.3 Å². The second kappa shape index (κ2) is 13.8. The predicted molar refractivity (Wildman–Crippen MR) is 221 cm³/mol. The third-order valence-corrected chi connectivity index (χ3v) is 9.92. The third-order valence-electron chi connectivity index (χ3n) is 9.92.